The fourth-order valence-corrected chi connectivity index (χ4v) is 4.03. The first-order valence-corrected chi connectivity index (χ1v) is 7.34. The van der Waals surface area contributed by atoms with Crippen LogP contribution < -0.4 is 11.3 Å². The maximum Gasteiger partial charge on any atom is 0.126 e. The number of hydrazine groups is 1. The number of benzene rings is 1. The van der Waals surface area contributed by atoms with Gasteiger partial charge in [0, 0.05) is 9.75 Å². The third-order valence-corrected chi connectivity index (χ3v) is 5.03. The molecule has 1 aromatic carbocycles. The van der Waals surface area contributed by atoms with Crippen molar-refractivity contribution in [2.45, 2.75) is 32.2 Å². The van der Waals surface area contributed by atoms with Crippen molar-refractivity contribution in [3.63, 3.8) is 0 Å². The third-order valence-electron chi connectivity index (χ3n) is 3.73. The molecule has 1 aliphatic carbocycles. The zero-order valence-electron chi connectivity index (χ0n) is 10.9. The number of rotatable bonds is 3. The summed E-state index contributed by atoms with van der Waals surface area (Å²) in [6, 6.07) is 7.38. The summed E-state index contributed by atoms with van der Waals surface area (Å²) in [4.78, 5) is 2.70. The van der Waals surface area contributed by atoms with Crippen LogP contribution in [-0.2, 0) is 12.8 Å². The standard InChI is InChI=1S/C15H17FN2S/c1-9-7-11(5-6-12(9)16)15(18-17)14-8-10-3-2-4-13(10)19-14/h5-8,15,18H,2-4,17H2,1H3. The molecule has 2 nitrogen and oxygen atoms in total. The monoisotopic (exact) mass is 276 g/mol. The lowest BCUT2D eigenvalue weighted by molar-refractivity contribution is 0.610. The topological polar surface area (TPSA) is 38.0 Å². The summed E-state index contributed by atoms with van der Waals surface area (Å²) in [7, 11) is 0. The number of thiophene rings is 1. The predicted octanol–water partition coefficient (Wildman–Crippen LogP) is 3.24. The van der Waals surface area contributed by atoms with E-state index in [4.69, 9.17) is 5.84 Å². The molecule has 0 spiro atoms. The van der Waals surface area contributed by atoms with Gasteiger partial charge >= 0.3 is 0 Å². The second-order valence-electron chi connectivity index (χ2n) is 5.06. The summed E-state index contributed by atoms with van der Waals surface area (Å²) in [6.07, 6.45) is 3.61. The molecule has 0 saturated carbocycles. The van der Waals surface area contributed by atoms with Crippen molar-refractivity contribution in [3.05, 3.63) is 56.5 Å². The molecule has 0 radical (unpaired) electrons. The Labute approximate surface area is 116 Å². The molecule has 3 N–H and O–H groups in total. The van der Waals surface area contributed by atoms with Crippen LogP contribution in [0.2, 0.25) is 0 Å². The molecule has 4 heteroatoms. The van der Waals surface area contributed by atoms with Crippen LogP contribution in [0.25, 0.3) is 0 Å². The van der Waals surface area contributed by atoms with Gasteiger partial charge in [0.05, 0.1) is 6.04 Å². The van der Waals surface area contributed by atoms with Gasteiger partial charge in [-0.1, -0.05) is 12.1 Å². The molecule has 2 aromatic rings. The van der Waals surface area contributed by atoms with Gasteiger partial charge in [-0.05, 0) is 55.0 Å². The minimum Gasteiger partial charge on any atom is -0.271 e. The summed E-state index contributed by atoms with van der Waals surface area (Å²) in [6.45, 7) is 1.78. The highest BCUT2D eigenvalue weighted by Gasteiger charge is 2.21. The summed E-state index contributed by atoms with van der Waals surface area (Å²) in [5, 5.41) is 0. The highest BCUT2D eigenvalue weighted by molar-refractivity contribution is 7.12. The molecule has 1 atom stereocenters. The van der Waals surface area contributed by atoms with E-state index in [2.05, 4.69) is 11.5 Å². The fraction of sp³-hybridized carbons (Fsp3) is 0.333. The van der Waals surface area contributed by atoms with Crippen molar-refractivity contribution in [2.75, 3.05) is 0 Å². The smallest absolute Gasteiger partial charge is 0.126 e. The Bertz CT molecular complexity index is 585. The van der Waals surface area contributed by atoms with E-state index in [0.29, 0.717) is 5.56 Å². The molecule has 1 aliphatic rings. The Morgan fingerprint density at radius 2 is 2.16 bits per heavy atom. The number of aryl methyl sites for hydroxylation is 3. The number of hydrogen-bond donors (Lipinski definition) is 2. The van der Waals surface area contributed by atoms with E-state index >= 15 is 0 Å². The zero-order chi connectivity index (χ0) is 13.4. The Balaban J connectivity index is 1.96. The highest BCUT2D eigenvalue weighted by Crippen LogP contribution is 2.36. The molecule has 1 unspecified atom stereocenters. The molecule has 0 aliphatic heterocycles. The molecule has 3 rings (SSSR count). The second-order valence-corrected chi connectivity index (χ2v) is 6.23. The predicted molar refractivity (Wildman–Crippen MR) is 76.6 cm³/mol. The van der Waals surface area contributed by atoms with Gasteiger partial charge in [0.2, 0.25) is 0 Å². The van der Waals surface area contributed by atoms with E-state index in [9.17, 15) is 4.39 Å². The highest BCUT2D eigenvalue weighted by atomic mass is 32.1. The van der Waals surface area contributed by atoms with Crippen molar-refractivity contribution in [1.29, 1.82) is 0 Å². The summed E-state index contributed by atoms with van der Waals surface area (Å²) >= 11 is 1.82. The molecule has 19 heavy (non-hydrogen) atoms. The van der Waals surface area contributed by atoms with Crippen molar-refractivity contribution in [2.24, 2.45) is 5.84 Å². The minimum absolute atomic E-state index is 0.0464. The van der Waals surface area contributed by atoms with Gasteiger partial charge in [0.25, 0.3) is 0 Å². The van der Waals surface area contributed by atoms with Gasteiger partial charge in [0.15, 0.2) is 0 Å². The van der Waals surface area contributed by atoms with Crippen molar-refractivity contribution >= 4 is 11.3 Å². The minimum atomic E-state index is -0.173. The van der Waals surface area contributed by atoms with Crippen molar-refractivity contribution < 1.29 is 4.39 Å². The maximum absolute atomic E-state index is 13.4. The average Bonchev–Trinajstić information content (AvgIpc) is 2.95. The van der Waals surface area contributed by atoms with Gasteiger partial charge in [0.1, 0.15) is 5.82 Å². The summed E-state index contributed by atoms with van der Waals surface area (Å²) < 4.78 is 13.4. The summed E-state index contributed by atoms with van der Waals surface area (Å²) in [5.74, 6) is 5.53. The van der Waals surface area contributed by atoms with Crippen LogP contribution in [0.3, 0.4) is 0 Å². The molecule has 100 valence electrons. The van der Waals surface area contributed by atoms with Gasteiger partial charge in [-0.15, -0.1) is 11.3 Å². The number of nitrogens with one attached hydrogen (secondary N) is 1. The molecular weight excluding hydrogens is 259 g/mol. The average molecular weight is 276 g/mol. The quantitative estimate of drug-likeness (QED) is 0.667. The van der Waals surface area contributed by atoms with Gasteiger partial charge in [-0.25, -0.2) is 9.82 Å². The van der Waals surface area contributed by atoms with E-state index in [1.165, 1.54) is 40.6 Å². The lowest BCUT2D eigenvalue weighted by Crippen LogP contribution is -2.28. The summed E-state index contributed by atoms with van der Waals surface area (Å²) in [5.41, 5.74) is 5.99. The van der Waals surface area contributed by atoms with E-state index < -0.39 is 0 Å². The van der Waals surface area contributed by atoms with Crippen LogP contribution in [0.15, 0.2) is 24.3 Å². The Morgan fingerprint density at radius 3 is 2.84 bits per heavy atom. The van der Waals surface area contributed by atoms with E-state index in [0.717, 1.165) is 5.56 Å². The van der Waals surface area contributed by atoms with Crippen LogP contribution in [0.4, 0.5) is 4.39 Å². The fourth-order valence-electron chi connectivity index (χ4n) is 2.68. The van der Waals surface area contributed by atoms with Gasteiger partial charge in [-0.3, -0.25) is 5.84 Å². The number of fused-ring (bicyclic) bond motifs is 1. The molecule has 1 aromatic heterocycles. The Hall–Kier alpha value is -1.23. The van der Waals surface area contributed by atoms with Gasteiger partial charge < -0.3 is 0 Å². The van der Waals surface area contributed by atoms with E-state index in [1.807, 2.05) is 17.4 Å². The first-order chi connectivity index (χ1) is 9.19. The maximum atomic E-state index is 13.4. The SMILES string of the molecule is Cc1cc(C(NN)c2cc3c(s2)CCC3)ccc1F. The first-order valence-electron chi connectivity index (χ1n) is 6.52. The Kier molecular flexibility index (Phi) is 3.39. The van der Waals surface area contributed by atoms with E-state index in [-0.39, 0.29) is 11.9 Å². The van der Waals surface area contributed by atoms with E-state index in [1.54, 1.807) is 13.0 Å². The number of halogens is 1. The molecule has 0 fully saturated rings. The first kappa shape index (κ1) is 12.8. The van der Waals surface area contributed by atoms with Crippen LogP contribution in [0.5, 0.6) is 0 Å². The van der Waals surface area contributed by atoms with Crippen LogP contribution in [0.1, 0.15) is 38.9 Å². The number of hydrogen-bond acceptors (Lipinski definition) is 3. The van der Waals surface area contributed by atoms with Crippen molar-refractivity contribution in [3.8, 4) is 0 Å². The largest absolute Gasteiger partial charge is 0.271 e. The van der Waals surface area contributed by atoms with Crippen LogP contribution in [-0.4, -0.2) is 0 Å². The molecule has 0 amide bonds. The normalized spacial score (nSPS) is 15.5. The number of nitrogens with two attached hydrogens (primary N) is 1. The van der Waals surface area contributed by atoms with Crippen molar-refractivity contribution in [1.82, 2.24) is 5.43 Å². The van der Waals surface area contributed by atoms with Crippen LogP contribution in [0, 0.1) is 12.7 Å². The second kappa shape index (κ2) is 5.04. The molecule has 1 heterocycles. The molecule has 0 saturated heterocycles. The molecular formula is C15H17FN2S. The van der Waals surface area contributed by atoms with Gasteiger partial charge in [-0.2, -0.15) is 0 Å². The lowest BCUT2D eigenvalue weighted by Gasteiger charge is -2.15. The lowest BCUT2D eigenvalue weighted by atomic mass is 10.0. The molecule has 0 bridgehead atoms. The zero-order valence-corrected chi connectivity index (χ0v) is 11.7. The third kappa shape index (κ3) is 2.31. The van der Waals surface area contributed by atoms with Crippen LogP contribution >= 0.6 is 11.3 Å². The Morgan fingerprint density at radius 1 is 1.32 bits per heavy atom.